The molecule has 94 valence electrons. The van der Waals surface area contributed by atoms with E-state index in [1.54, 1.807) is 6.07 Å². The van der Waals surface area contributed by atoms with Gasteiger partial charge >= 0.3 is 0 Å². The molecule has 2 atom stereocenters. The summed E-state index contributed by atoms with van der Waals surface area (Å²) in [5, 5.41) is 0. The second kappa shape index (κ2) is 5.47. The van der Waals surface area contributed by atoms with Gasteiger partial charge in [0.25, 0.3) is 0 Å². The van der Waals surface area contributed by atoms with Gasteiger partial charge in [-0.15, -0.1) is 0 Å². The maximum Gasteiger partial charge on any atom is 0.165 e. The minimum absolute atomic E-state index is 0.0327. The summed E-state index contributed by atoms with van der Waals surface area (Å²) in [7, 11) is 1.46. The number of nitrogens with two attached hydrogens (primary N) is 1. The molecule has 2 N–H and O–H groups in total. The Bertz CT molecular complexity index is 378. The van der Waals surface area contributed by atoms with Crippen LogP contribution in [0.25, 0.3) is 0 Å². The molecule has 0 aliphatic carbocycles. The average molecular weight is 239 g/mol. The van der Waals surface area contributed by atoms with E-state index in [1.807, 2.05) is 6.07 Å². The molecule has 0 aromatic heterocycles. The average Bonchev–Trinajstić information content (AvgIpc) is 2.82. The molecule has 1 fully saturated rings. The van der Waals surface area contributed by atoms with Gasteiger partial charge in [-0.05, 0) is 36.5 Å². The molecule has 0 radical (unpaired) electrons. The highest BCUT2D eigenvalue weighted by Crippen LogP contribution is 2.21. The number of benzene rings is 1. The van der Waals surface area contributed by atoms with E-state index in [-0.39, 0.29) is 17.6 Å². The molecule has 1 aromatic carbocycles. The number of ether oxygens (including phenoxy) is 2. The van der Waals surface area contributed by atoms with E-state index in [1.165, 1.54) is 13.2 Å². The van der Waals surface area contributed by atoms with E-state index >= 15 is 0 Å². The zero-order valence-electron chi connectivity index (χ0n) is 9.99. The minimum Gasteiger partial charge on any atom is -0.494 e. The highest BCUT2D eigenvalue weighted by atomic mass is 19.1. The highest BCUT2D eigenvalue weighted by molar-refractivity contribution is 5.29. The van der Waals surface area contributed by atoms with Crippen LogP contribution in [0.5, 0.6) is 5.75 Å². The number of hydrogen-bond acceptors (Lipinski definition) is 3. The molecule has 1 aliphatic heterocycles. The van der Waals surface area contributed by atoms with E-state index in [2.05, 4.69) is 0 Å². The van der Waals surface area contributed by atoms with Crippen molar-refractivity contribution in [2.75, 3.05) is 20.3 Å². The molecule has 1 aromatic rings. The van der Waals surface area contributed by atoms with Gasteiger partial charge in [-0.2, -0.15) is 0 Å². The van der Waals surface area contributed by atoms with Crippen LogP contribution < -0.4 is 10.5 Å². The number of hydrogen-bond donors (Lipinski definition) is 1. The van der Waals surface area contributed by atoms with Gasteiger partial charge in [-0.25, -0.2) is 4.39 Å². The lowest BCUT2D eigenvalue weighted by Gasteiger charge is -2.17. The summed E-state index contributed by atoms with van der Waals surface area (Å²) in [4.78, 5) is 0. The quantitative estimate of drug-likeness (QED) is 0.870. The Morgan fingerprint density at radius 3 is 3.00 bits per heavy atom. The summed E-state index contributed by atoms with van der Waals surface area (Å²) in [6.07, 6.45) is 1.68. The summed E-state index contributed by atoms with van der Waals surface area (Å²) in [6, 6.07) is 5.03. The van der Waals surface area contributed by atoms with Crippen molar-refractivity contribution in [2.45, 2.75) is 18.9 Å². The van der Waals surface area contributed by atoms with Crippen LogP contribution in [0.15, 0.2) is 18.2 Å². The molecular formula is C13H18FNO2. The molecule has 1 saturated heterocycles. The predicted molar refractivity (Wildman–Crippen MR) is 63.6 cm³/mol. The molecule has 1 aliphatic rings. The second-order valence-electron chi connectivity index (χ2n) is 4.46. The summed E-state index contributed by atoms with van der Waals surface area (Å²) in [6.45, 7) is 1.51. The van der Waals surface area contributed by atoms with Crippen molar-refractivity contribution in [1.29, 1.82) is 0 Å². The lowest BCUT2D eigenvalue weighted by Crippen LogP contribution is -2.32. The molecule has 4 heteroatoms. The molecule has 0 amide bonds. The molecule has 1 heterocycles. The predicted octanol–water partition coefficient (Wildman–Crippen LogP) is 1.74. The van der Waals surface area contributed by atoms with Crippen molar-refractivity contribution >= 4 is 0 Å². The van der Waals surface area contributed by atoms with Crippen molar-refractivity contribution in [2.24, 2.45) is 11.7 Å². The van der Waals surface area contributed by atoms with E-state index in [9.17, 15) is 4.39 Å². The van der Waals surface area contributed by atoms with Gasteiger partial charge in [-0.1, -0.05) is 6.07 Å². The van der Waals surface area contributed by atoms with Gasteiger partial charge in [0.1, 0.15) is 0 Å². The lowest BCUT2D eigenvalue weighted by atomic mass is 9.94. The van der Waals surface area contributed by atoms with Crippen molar-refractivity contribution < 1.29 is 13.9 Å². The number of rotatable bonds is 4. The zero-order chi connectivity index (χ0) is 12.3. The molecule has 2 unspecified atom stereocenters. The first kappa shape index (κ1) is 12.3. The van der Waals surface area contributed by atoms with Crippen molar-refractivity contribution in [1.82, 2.24) is 0 Å². The molecule has 0 bridgehead atoms. The third kappa shape index (κ3) is 2.96. The van der Waals surface area contributed by atoms with Crippen LogP contribution in [-0.4, -0.2) is 26.4 Å². The van der Waals surface area contributed by atoms with E-state index in [0.717, 1.165) is 25.2 Å². The largest absolute Gasteiger partial charge is 0.494 e. The van der Waals surface area contributed by atoms with Crippen LogP contribution in [0.2, 0.25) is 0 Å². The van der Waals surface area contributed by atoms with Gasteiger partial charge < -0.3 is 15.2 Å². The fraction of sp³-hybridized carbons (Fsp3) is 0.538. The molecule has 2 rings (SSSR count). The number of methoxy groups -OCH3 is 1. The van der Waals surface area contributed by atoms with E-state index in [0.29, 0.717) is 12.3 Å². The minimum atomic E-state index is -0.333. The molecular weight excluding hydrogens is 221 g/mol. The maximum atomic E-state index is 13.5. The third-order valence-electron chi connectivity index (χ3n) is 3.26. The Morgan fingerprint density at radius 1 is 1.59 bits per heavy atom. The summed E-state index contributed by atoms with van der Waals surface area (Å²) >= 11 is 0. The van der Waals surface area contributed by atoms with Crippen LogP contribution in [0.3, 0.4) is 0 Å². The van der Waals surface area contributed by atoms with Crippen molar-refractivity contribution in [3.63, 3.8) is 0 Å². The normalized spacial score (nSPS) is 21.5. The maximum absolute atomic E-state index is 13.5. The van der Waals surface area contributed by atoms with Gasteiger partial charge in [0.05, 0.1) is 13.7 Å². The van der Waals surface area contributed by atoms with Gasteiger partial charge in [0.15, 0.2) is 11.6 Å². The molecule has 17 heavy (non-hydrogen) atoms. The first-order valence-electron chi connectivity index (χ1n) is 5.86. The lowest BCUT2D eigenvalue weighted by molar-refractivity contribution is 0.180. The summed E-state index contributed by atoms with van der Waals surface area (Å²) in [5.41, 5.74) is 7.00. The summed E-state index contributed by atoms with van der Waals surface area (Å²) in [5.74, 6) is 0.326. The standard InChI is InChI=1S/C13H18FNO2/c1-16-13-3-2-9(6-11(13)14)7-12(15)10-4-5-17-8-10/h2-3,6,10,12H,4-5,7-8,15H2,1H3. The fourth-order valence-corrected chi connectivity index (χ4v) is 2.17. The van der Waals surface area contributed by atoms with Crippen molar-refractivity contribution in [3.8, 4) is 5.75 Å². The third-order valence-corrected chi connectivity index (χ3v) is 3.26. The van der Waals surface area contributed by atoms with Crippen molar-refractivity contribution in [3.05, 3.63) is 29.6 Å². The van der Waals surface area contributed by atoms with Gasteiger partial charge in [0, 0.05) is 12.6 Å². The SMILES string of the molecule is COc1ccc(CC(N)C2CCOC2)cc1F. The smallest absolute Gasteiger partial charge is 0.165 e. The topological polar surface area (TPSA) is 44.5 Å². The molecule has 3 nitrogen and oxygen atoms in total. The first-order chi connectivity index (χ1) is 8.20. The van der Waals surface area contributed by atoms with Crippen LogP contribution in [-0.2, 0) is 11.2 Å². The Kier molecular flexibility index (Phi) is 3.97. The Balaban J connectivity index is 2.00. The van der Waals surface area contributed by atoms with Crippen LogP contribution in [0, 0.1) is 11.7 Å². The van der Waals surface area contributed by atoms with E-state index < -0.39 is 0 Å². The Labute approximate surface area is 101 Å². The van der Waals surface area contributed by atoms with Crippen LogP contribution >= 0.6 is 0 Å². The van der Waals surface area contributed by atoms with Gasteiger partial charge in [0.2, 0.25) is 0 Å². The van der Waals surface area contributed by atoms with Gasteiger partial charge in [-0.3, -0.25) is 0 Å². The second-order valence-corrected chi connectivity index (χ2v) is 4.46. The summed E-state index contributed by atoms with van der Waals surface area (Å²) < 4.78 is 23.7. The van der Waals surface area contributed by atoms with Crippen LogP contribution in [0.4, 0.5) is 4.39 Å². The fourth-order valence-electron chi connectivity index (χ4n) is 2.17. The van der Waals surface area contributed by atoms with E-state index in [4.69, 9.17) is 15.2 Å². The zero-order valence-corrected chi connectivity index (χ0v) is 9.99. The molecule has 0 saturated carbocycles. The monoisotopic (exact) mass is 239 g/mol. The highest BCUT2D eigenvalue weighted by Gasteiger charge is 2.23. The Morgan fingerprint density at radius 2 is 2.41 bits per heavy atom. The van der Waals surface area contributed by atoms with Crippen LogP contribution in [0.1, 0.15) is 12.0 Å². The molecule has 0 spiro atoms. The number of halogens is 1. The Hall–Kier alpha value is -1.13. The first-order valence-corrected chi connectivity index (χ1v) is 5.86.